The Balaban J connectivity index is 1.62. The predicted molar refractivity (Wildman–Crippen MR) is 166 cm³/mol. The van der Waals surface area contributed by atoms with Crippen molar-refractivity contribution in [2.24, 2.45) is 0 Å². The molecule has 1 aliphatic heterocycles. The summed E-state index contributed by atoms with van der Waals surface area (Å²) < 4.78 is 93.6. The zero-order chi connectivity index (χ0) is 32.8. The van der Waals surface area contributed by atoms with Crippen molar-refractivity contribution in [3.05, 3.63) is 46.6 Å². The number of methoxy groups -OCH3 is 1. The Morgan fingerprint density at radius 3 is 2.56 bits per heavy atom. The smallest absolute Gasteiger partial charge is 0.393 e. The number of alkyl halides is 3. The van der Waals surface area contributed by atoms with E-state index >= 15 is 0 Å². The molecule has 15 heteroatoms. The SMILES string of the molecule is COCCOc1cc(S(=O)(=O)NC(C)=O)c(F)cc1NCC#Cc1sc2c(NC3CCN(C)CC3)cccc2c1CC(F)(F)F. The maximum Gasteiger partial charge on any atom is 0.393 e. The predicted octanol–water partition coefficient (Wildman–Crippen LogP) is 4.96. The van der Waals surface area contributed by atoms with Gasteiger partial charge < -0.3 is 25.0 Å². The molecule has 1 aliphatic rings. The summed E-state index contributed by atoms with van der Waals surface area (Å²) in [7, 11) is -1.02. The van der Waals surface area contributed by atoms with E-state index in [9.17, 15) is 30.8 Å². The molecule has 0 spiro atoms. The van der Waals surface area contributed by atoms with Crippen molar-refractivity contribution < 1.29 is 40.2 Å². The highest BCUT2D eigenvalue weighted by Crippen LogP contribution is 2.39. The molecule has 1 amide bonds. The minimum absolute atomic E-state index is 0.00136. The van der Waals surface area contributed by atoms with Crippen LogP contribution in [0, 0.1) is 17.7 Å². The largest absolute Gasteiger partial charge is 0.489 e. The van der Waals surface area contributed by atoms with Crippen molar-refractivity contribution in [1.29, 1.82) is 0 Å². The highest BCUT2D eigenvalue weighted by atomic mass is 32.2. The first-order valence-electron chi connectivity index (χ1n) is 14.0. The summed E-state index contributed by atoms with van der Waals surface area (Å²) in [5.74, 6) is 3.55. The molecule has 1 fully saturated rings. The normalized spacial score (nSPS) is 14.6. The van der Waals surface area contributed by atoms with Crippen LogP contribution in [0.5, 0.6) is 5.75 Å². The van der Waals surface area contributed by atoms with Crippen LogP contribution in [0.15, 0.2) is 35.2 Å². The number of carbonyl (C=O) groups excluding carboxylic acids is 1. The summed E-state index contributed by atoms with van der Waals surface area (Å²) in [6, 6.07) is 7.29. The lowest BCUT2D eigenvalue weighted by molar-refractivity contribution is -0.127. The third kappa shape index (κ3) is 9.23. The van der Waals surface area contributed by atoms with Crippen LogP contribution in [0.1, 0.15) is 30.2 Å². The third-order valence-corrected chi connectivity index (χ3v) is 9.63. The summed E-state index contributed by atoms with van der Waals surface area (Å²) in [6.07, 6.45) is -3.76. The van der Waals surface area contributed by atoms with Gasteiger partial charge in [0.2, 0.25) is 5.91 Å². The van der Waals surface area contributed by atoms with E-state index in [-0.39, 0.29) is 47.7 Å². The van der Waals surface area contributed by atoms with Gasteiger partial charge in [-0.05, 0) is 50.0 Å². The van der Waals surface area contributed by atoms with E-state index in [1.54, 1.807) is 16.9 Å². The van der Waals surface area contributed by atoms with Gasteiger partial charge in [0, 0.05) is 32.2 Å². The Hall–Kier alpha value is -3.58. The number of carbonyl (C=O) groups is 1. The summed E-state index contributed by atoms with van der Waals surface area (Å²) in [5.41, 5.74) is 0.907. The fourth-order valence-corrected chi connectivity index (χ4v) is 7.11. The highest BCUT2D eigenvalue weighted by molar-refractivity contribution is 7.90. The van der Waals surface area contributed by atoms with Gasteiger partial charge in [-0.1, -0.05) is 24.0 Å². The third-order valence-electron chi connectivity index (χ3n) is 6.99. The lowest BCUT2D eigenvalue weighted by Crippen LogP contribution is -2.36. The van der Waals surface area contributed by atoms with E-state index < -0.39 is 39.2 Å². The van der Waals surface area contributed by atoms with Crippen LogP contribution in [-0.4, -0.2) is 78.4 Å². The van der Waals surface area contributed by atoms with Gasteiger partial charge >= 0.3 is 6.18 Å². The molecule has 3 aromatic rings. The van der Waals surface area contributed by atoms with E-state index in [1.165, 1.54) is 18.4 Å². The van der Waals surface area contributed by atoms with Crippen LogP contribution in [0.4, 0.5) is 28.9 Å². The molecule has 244 valence electrons. The fourth-order valence-electron chi connectivity index (χ4n) is 4.88. The van der Waals surface area contributed by atoms with Crippen molar-refractivity contribution in [3.63, 3.8) is 0 Å². The molecular formula is C30H34F4N4O5S2. The molecule has 2 heterocycles. The summed E-state index contributed by atoms with van der Waals surface area (Å²) >= 11 is 1.18. The van der Waals surface area contributed by atoms with Crippen molar-refractivity contribution in [2.75, 3.05) is 57.6 Å². The number of nitrogens with one attached hydrogen (secondary N) is 3. The number of anilines is 2. The van der Waals surface area contributed by atoms with Crippen LogP contribution in [0.3, 0.4) is 0 Å². The molecule has 0 aliphatic carbocycles. The fraction of sp³-hybridized carbons (Fsp3) is 0.433. The van der Waals surface area contributed by atoms with Gasteiger partial charge in [-0.3, -0.25) is 4.79 Å². The number of piperidine rings is 1. The molecule has 0 radical (unpaired) electrons. The second kappa shape index (κ2) is 14.7. The molecule has 0 unspecified atom stereocenters. The van der Waals surface area contributed by atoms with E-state index in [0.29, 0.717) is 10.1 Å². The topological polar surface area (TPSA) is 109 Å². The average molecular weight is 671 g/mol. The van der Waals surface area contributed by atoms with Crippen molar-refractivity contribution in [3.8, 4) is 17.6 Å². The Morgan fingerprint density at radius 1 is 1.16 bits per heavy atom. The van der Waals surface area contributed by atoms with Gasteiger partial charge in [-0.2, -0.15) is 13.2 Å². The number of ether oxygens (including phenoxy) is 2. The number of fused-ring (bicyclic) bond motifs is 1. The van der Waals surface area contributed by atoms with Gasteiger partial charge in [0.1, 0.15) is 23.1 Å². The van der Waals surface area contributed by atoms with Crippen LogP contribution < -0.4 is 20.1 Å². The maximum absolute atomic E-state index is 14.9. The average Bonchev–Trinajstić information content (AvgIpc) is 3.29. The number of likely N-dealkylation sites (tertiary alicyclic amines) is 1. The molecule has 4 rings (SSSR count). The van der Waals surface area contributed by atoms with Crippen molar-refractivity contribution >= 4 is 48.7 Å². The number of benzene rings is 2. The lowest BCUT2D eigenvalue weighted by Gasteiger charge is -2.30. The van der Waals surface area contributed by atoms with Gasteiger partial charge in [0.05, 0.1) is 40.5 Å². The first-order valence-corrected chi connectivity index (χ1v) is 16.3. The van der Waals surface area contributed by atoms with Crippen LogP contribution >= 0.6 is 11.3 Å². The van der Waals surface area contributed by atoms with Gasteiger partial charge in [0.25, 0.3) is 10.0 Å². The Kier molecular flexibility index (Phi) is 11.2. The first-order chi connectivity index (χ1) is 21.3. The number of nitrogens with zero attached hydrogens (tertiary/aromatic N) is 1. The molecule has 45 heavy (non-hydrogen) atoms. The maximum atomic E-state index is 14.9. The standard InChI is InChI=1S/C30H34F4N4O5S2/c1-19(39)37-45(40,41)28-17-26(43-15-14-42-3)25(16-23(28)31)35-11-5-8-27-22(18-30(32,33)34)21-6-4-7-24(29(21)44-27)36-20-9-12-38(2)13-10-20/h4,6-7,16-17,20,35-36H,9-15,18H2,1-3H3,(H,37,39). The number of thiophene rings is 1. The minimum Gasteiger partial charge on any atom is -0.489 e. The van der Waals surface area contributed by atoms with Gasteiger partial charge in [-0.15, -0.1) is 11.3 Å². The summed E-state index contributed by atoms with van der Waals surface area (Å²) in [6.45, 7) is 2.85. The summed E-state index contributed by atoms with van der Waals surface area (Å²) in [5, 5.41) is 6.84. The molecule has 3 N–H and O–H groups in total. The molecule has 9 nitrogen and oxygen atoms in total. The number of amides is 1. The lowest BCUT2D eigenvalue weighted by atomic mass is 10.0. The monoisotopic (exact) mass is 670 g/mol. The number of sulfonamides is 1. The Labute approximate surface area is 263 Å². The van der Waals surface area contributed by atoms with E-state index in [4.69, 9.17) is 9.47 Å². The zero-order valence-electron chi connectivity index (χ0n) is 24.9. The van der Waals surface area contributed by atoms with Crippen molar-refractivity contribution in [2.45, 2.75) is 43.3 Å². The Bertz CT molecular complexity index is 1690. The minimum atomic E-state index is -4.51. The summed E-state index contributed by atoms with van der Waals surface area (Å²) in [4.78, 5) is 13.0. The number of rotatable bonds is 11. The van der Waals surface area contributed by atoms with E-state index in [0.717, 1.165) is 50.7 Å². The number of halogens is 4. The Morgan fingerprint density at radius 2 is 1.89 bits per heavy atom. The van der Waals surface area contributed by atoms with Crippen LogP contribution in [-0.2, 0) is 26.0 Å². The molecule has 0 atom stereocenters. The zero-order valence-corrected chi connectivity index (χ0v) is 26.6. The second-order valence-electron chi connectivity index (χ2n) is 10.5. The van der Waals surface area contributed by atoms with E-state index in [2.05, 4.69) is 34.4 Å². The molecule has 1 aromatic heterocycles. The second-order valence-corrected chi connectivity index (χ2v) is 13.2. The molecule has 0 saturated carbocycles. The van der Waals surface area contributed by atoms with Gasteiger partial charge in [-0.25, -0.2) is 17.5 Å². The number of hydrogen-bond donors (Lipinski definition) is 3. The molecule has 2 aromatic carbocycles. The van der Waals surface area contributed by atoms with E-state index in [1.807, 2.05) is 6.07 Å². The first kappa shape index (κ1) is 34.3. The molecule has 0 bridgehead atoms. The number of hydrogen-bond acceptors (Lipinski definition) is 9. The van der Waals surface area contributed by atoms with Gasteiger partial charge in [0.15, 0.2) is 0 Å². The quantitative estimate of drug-likeness (QED) is 0.149. The molecular weight excluding hydrogens is 636 g/mol. The molecule has 1 saturated heterocycles. The van der Waals surface area contributed by atoms with Crippen LogP contribution in [0.2, 0.25) is 0 Å². The highest BCUT2D eigenvalue weighted by Gasteiger charge is 2.31. The van der Waals surface area contributed by atoms with Crippen molar-refractivity contribution in [1.82, 2.24) is 9.62 Å². The van der Waals surface area contributed by atoms with Crippen LogP contribution in [0.25, 0.3) is 10.1 Å².